The Morgan fingerprint density at radius 2 is 1.96 bits per heavy atom. The minimum absolute atomic E-state index is 0.0409. The summed E-state index contributed by atoms with van der Waals surface area (Å²) in [7, 11) is 3.64. The number of likely N-dealkylation sites (tertiary alicyclic amines) is 1. The van der Waals surface area contributed by atoms with Crippen LogP contribution in [0.1, 0.15) is 52.0 Å². The van der Waals surface area contributed by atoms with E-state index in [2.05, 4.69) is 23.3 Å². The van der Waals surface area contributed by atoms with Gasteiger partial charge in [-0.2, -0.15) is 5.26 Å². The van der Waals surface area contributed by atoms with Gasteiger partial charge in [-0.1, -0.05) is 24.3 Å². The number of carbonyl (C=O) groups excluding carboxylic acids is 1. The van der Waals surface area contributed by atoms with Crippen LogP contribution in [0.5, 0.6) is 11.6 Å². The normalized spacial score (nSPS) is 21.5. The molecule has 3 aliphatic heterocycles. The van der Waals surface area contributed by atoms with Gasteiger partial charge in [0.15, 0.2) is 12.6 Å². The van der Waals surface area contributed by atoms with E-state index in [4.69, 9.17) is 23.9 Å². The molecular formula is C40H46FN5O5. The van der Waals surface area contributed by atoms with Crippen molar-refractivity contribution in [3.8, 4) is 28.8 Å². The third kappa shape index (κ3) is 7.00. The van der Waals surface area contributed by atoms with Crippen molar-refractivity contribution in [1.29, 1.82) is 5.26 Å². The lowest BCUT2D eigenvalue weighted by atomic mass is 9.79. The van der Waals surface area contributed by atoms with Crippen molar-refractivity contribution in [2.45, 2.75) is 76.6 Å². The van der Waals surface area contributed by atoms with Crippen LogP contribution in [0.2, 0.25) is 0 Å². The molecule has 1 aromatic heterocycles. The van der Waals surface area contributed by atoms with Gasteiger partial charge >= 0.3 is 6.09 Å². The summed E-state index contributed by atoms with van der Waals surface area (Å²) in [5.74, 6) is 0.607. The fourth-order valence-electron chi connectivity index (χ4n) is 7.84. The zero-order valence-corrected chi connectivity index (χ0v) is 30.0. The van der Waals surface area contributed by atoms with Crippen LogP contribution in [-0.4, -0.2) is 85.3 Å². The molecule has 3 unspecified atom stereocenters. The lowest BCUT2D eigenvalue weighted by Crippen LogP contribution is -2.50. The Labute approximate surface area is 298 Å². The number of carbonyl (C=O) groups is 1. The summed E-state index contributed by atoms with van der Waals surface area (Å²) in [6.07, 6.45) is 3.23. The zero-order valence-electron chi connectivity index (χ0n) is 30.0. The molecule has 3 aromatic carbocycles. The first-order valence-corrected chi connectivity index (χ1v) is 17.8. The number of ether oxygens (including phenoxy) is 4. The van der Waals surface area contributed by atoms with Gasteiger partial charge in [0.2, 0.25) is 5.88 Å². The Hall–Kier alpha value is -4.66. The number of nitrogens with zero attached hydrogens (tertiary/aromatic N) is 4. The van der Waals surface area contributed by atoms with Gasteiger partial charge in [0, 0.05) is 54.7 Å². The molecule has 4 atom stereocenters. The Bertz CT molecular complexity index is 1990. The third-order valence-corrected chi connectivity index (χ3v) is 10.4. The number of pyridine rings is 1. The SMILES string of the molecule is COCOc1cc(-c2c(CCC#N)cc3c(NC4C5CC4N(C(=O)OC(C)(C)C)C5)cc(OC[C@@H]4CCCN4C)nc3c2F)c2ccccc2c1. The molecule has 4 aliphatic rings. The van der Waals surface area contributed by atoms with Crippen LogP contribution in [0.3, 0.4) is 0 Å². The molecule has 10 nitrogen and oxygen atoms in total. The van der Waals surface area contributed by atoms with Gasteiger partial charge in [0.05, 0.1) is 18.2 Å². The van der Waals surface area contributed by atoms with Crippen molar-refractivity contribution in [1.82, 2.24) is 14.8 Å². The van der Waals surface area contributed by atoms with E-state index >= 15 is 4.39 Å². The number of aryl methyl sites for hydroxylation is 1. The second kappa shape index (κ2) is 14.2. The first-order valence-electron chi connectivity index (χ1n) is 17.8. The van der Waals surface area contributed by atoms with Gasteiger partial charge in [-0.15, -0.1) is 0 Å². The van der Waals surface area contributed by atoms with Crippen molar-refractivity contribution < 1.29 is 28.1 Å². The quantitative estimate of drug-likeness (QED) is 0.159. The summed E-state index contributed by atoms with van der Waals surface area (Å²) in [6.45, 7) is 7.69. The van der Waals surface area contributed by atoms with Crippen molar-refractivity contribution in [3.05, 3.63) is 59.9 Å². The summed E-state index contributed by atoms with van der Waals surface area (Å²) in [5, 5.41) is 15.7. The molecule has 51 heavy (non-hydrogen) atoms. The van der Waals surface area contributed by atoms with Crippen LogP contribution in [0.4, 0.5) is 14.9 Å². The van der Waals surface area contributed by atoms with Crippen LogP contribution in [0.25, 0.3) is 32.8 Å². The molecule has 0 spiro atoms. The second-order valence-electron chi connectivity index (χ2n) is 15.0. The molecule has 4 aromatic rings. The highest BCUT2D eigenvalue weighted by molar-refractivity contribution is 6.03. The third-order valence-electron chi connectivity index (χ3n) is 10.4. The molecule has 11 heteroatoms. The Morgan fingerprint density at radius 3 is 2.71 bits per heavy atom. The molecule has 3 saturated heterocycles. The summed E-state index contributed by atoms with van der Waals surface area (Å²) in [5.41, 5.74) is 1.98. The monoisotopic (exact) mass is 695 g/mol. The van der Waals surface area contributed by atoms with E-state index in [1.807, 2.05) is 74.2 Å². The molecule has 2 bridgehead atoms. The number of amides is 1. The molecule has 1 amide bonds. The van der Waals surface area contributed by atoms with Gasteiger partial charge in [0.25, 0.3) is 0 Å². The Balaban J connectivity index is 1.34. The smallest absolute Gasteiger partial charge is 0.410 e. The number of rotatable bonds is 11. The van der Waals surface area contributed by atoms with Crippen LogP contribution in [-0.2, 0) is 15.9 Å². The first kappa shape index (κ1) is 34.8. The van der Waals surface area contributed by atoms with Gasteiger partial charge in [0.1, 0.15) is 23.5 Å². The van der Waals surface area contributed by atoms with Gasteiger partial charge in [-0.25, -0.2) is 14.2 Å². The topological polar surface area (TPSA) is 109 Å². The van der Waals surface area contributed by atoms with Crippen molar-refractivity contribution in [2.75, 3.05) is 46.0 Å². The maximum atomic E-state index is 17.5. The minimum atomic E-state index is -0.594. The molecule has 1 saturated carbocycles. The minimum Gasteiger partial charge on any atom is -0.476 e. The molecule has 0 radical (unpaired) electrons. The summed E-state index contributed by atoms with van der Waals surface area (Å²) >= 11 is 0. The van der Waals surface area contributed by atoms with E-state index in [9.17, 15) is 10.1 Å². The van der Waals surface area contributed by atoms with E-state index in [-0.39, 0.29) is 48.9 Å². The van der Waals surface area contributed by atoms with Crippen LogP contribution in [0.15, 0.2) is 48.5 Å². The number of hydrogen-bond donors (Lipinski definition) is 1. The number of fused-ring (bicyclic) bond motifs is 3. The zero-order chi connectivity index (χ0) is 35.9. The van der Waals surface area contributed by atoms with E-state index < -0.39 is 11.4 Å². The largest absolute Gasteiger partial charge is 0.476 e. The van der Waals surface area contributed by atoms with E-state index in [0.717, 1.165) is 36.6 Å². The van der Waals surface area contributed by atoms with Gasteiger partial charge < -0.3 is 34.1 Å². The van der Waals surface area contributed by atoms with E-state index in [0.29, 0.717) is 59.0 Å². The molecule has 4 fully saturated rings. The number of anilines is 1. The number of hydrogen-bond acceptors (Lipinski definition) is 9. The van der Waals surface area contributed by atoms with E-state index in [1.54, 1.807) is 7.11 Å². The van der Waals surface area contributed by atoms with Crippen LogP contribution >= 0.6 is 0 Å². The highest BCUT2D eigenvalue weighted by atomic mass is 19.1. The highest BCUT2D eigenvalue weighted by Crippen LogP contribution is 2.46. The maximum absolute atomic E-state index is 17.5. The number of aromatic nitrogens is 1. The highest BCUT2D eigenvalue weighted by Gasteiger charge is 2.55. The number of benzene rings is 3. The molecule has 1 N–H and O–H groups in total. The Kier molecular flexibility index (Phi) is 9.66. The molecule has 4 heterocycles. The number of nitriles is 1. The lowest BCUT2D eigenvalue weighted by Gasteiger charge is -2.38. The first-order chi connectivity index (χ1) is 24.5. The van der Waals surface area contributed by atoms with Crippen LogP contribution < -0.4 is 14.8 Å². The molecule has 8 rings (SSSR count). The summed E-state index contributed by atoms with van der Waals surface area (Å²) in [6, 6.07) is 17.7. The predicted molar refractivity (Wildman–Crippen MR) is 194 cm³/mol. The standard InChI is InChI=1S/C40H46FN5O5/c1-40(2,3)51-39(47)46-21-26-18-33(46)37(26)43-32-20-34(49-22-27-12-9-15-45(27)4)44-38-31(32)17-25(11-8-14-42)35(36(38)41)30-19-28(50-23-48-5)16-24-10-6-7-13-29(24)30/h6-7,10,13,16-17,19-20,26-27,33,37H,8-9,11-12,15,18,21-23H2,1-5H3,(H,43,44)/t26?,27-,33?,37?/m0/s1. The maximum Gasteiger partial charge on any atom is 0.410 e. The van der Waals surface area contributed by atoms with Crippen molar-refractivity contribution in [2.24, 2.45) is 5.92 Å². The Morgan fingerprint density at radius 1 is 1.14 bits per heavy atom. The second-order valence-corrected chi connectivity index (χ2v) is 15.0. The predicted octanol–water partition coefficient (Wildman–Crippen LogP) is 7.53. The van der Waals surface area contributed by atoms with Gasteiger partial charge in [-0.3, -0.25) is 0 Å². The van der Waals surface area contributed by atoms with Crippen molar-refractivity contribution in [3.63, 3.8) is 0 Å². The average Bonchev–Trinajstić information content (AvgIpc) is 3.83. The fraction of sp³-hybridized carbons (Fsp3) is 0.475. The number of nitrogens with one attached hydrogen (secondary N) is 1. The number of methoxy groups -OCH3 is 1. The fourth-order valence-corrected chi connectivity index (χ4v) is 7.84. The number of likely N-dealkylation sites (N-methyl/N-ethyl adjacent to an activating group) is 1. The molecular weight excluding hydrogens is 649 g/mol. The summed E-state index contributed by atoms with van der Waals surface area (Å²) < 4.78 is 40.5. The number of halogens is 1. The summed E-state index contributed by atoms with van der Waals surface area (Å²) in [4.78, 5) is 22.0. The van der Waals surface area contributed by atoms with E-state index in [1.165, 1.54) is 0 Å². The average molecular weight is 696 g/mol. The lowest BCUT2D eigenvalue weighted by molar-refractivity contribution is 0.0239. The molecule has 1 aliphatic carbocycles. The van der Waals surface area contributed by atoms with Crippen LogP contribution in [0, 0.1) is 23.1 Å². The van der Waals surface area contributed by atoms with Crippen molar-refractivity contribution >= 4 is 33.5 Å². The van der Waals surface area contributed by atoms with Gasteiger partial charge in [-0.05, 0) is 100 Å². The molecule has 268 valence electrons.